The van der Waals surface area contributed by atoms with Crippen LogP contribution in [0.5, 0.6) is 0 Å². The summed E-state index contributed by atoms with van der Waals surface area (Å²) in [4.78, 5) is 5.41. The monoisotopic (exact) mass is 535 g/mol. The molecule has 0 saturated carbocycles. The van der Waals surface area contributed by atoms with Gasteiger partial charge in [-0.3, -0.25) is 0 Å². The quantitative estimate of drug-likeness (QED) is 0.206. The van der Waals surface area contributed by atoms with Crippen LogP contribution in [0.4, 0.5) is 0 Å². The molecule has 0 radical (unpaired) electrons. The van der Waals surface area contributed by atoms with E-state index in [0.29, 0.717) is 0 Å². The van der Waals surface area contributed by atoms with Crippen LogP contribution in [-0.2, 0) is 0 Å². The summed E-state index contributed by atoms with van der Waals surface area (Å²) in [6.07, 6.45) is 0. The van der Waals surface area contributed by atoms with E-state index in [0.717, 1.165) is 39.2 Å². The van der Waals surface area contributed by atoms with E-state index in [9.17, 15) is 0 Å². The van der Waals surface area contributed by atoms with Crippen LogP contribution >= 0.6 is 0 Å². The first-order chi connectivity index (χ1) is 20.9. The van der Waals surface area contributed by atoms with Gasteiger partial charge in [0.2, 0.25) is 0 Å². The van der Waals surface area contributed by atoms with Crippen molar-refractivity contribution in [2.45, 2.75) is 0 Å². The molecule has 42 heavy (non-hydrogen) atoms. The van der Waals surface area contributed by atoms with Gasteiger partial charge < -0.3 is 0 Å². The average molecular weight is 536 g/mol. The summed E-state index contributed by atoms with van der Waals surface area (Å²) in [6.45, 7) is 0. The smallest absolute Gasteiger partial charge is 0.0794 e. The van der Waals surface area contributed by atoms with Crippen molar-refractivity contribution >= 4 is 0 Å². The molecule has 0 amide bonds. The van der Waals surface area contributed by atoms with Gasteiger partial charge in [0, 0.05) is 16.7 Å². The number of hydrogen-bond donors (Lipinski definition) is 0. The van der Waals surface area contributed by atoms with Crippen molar-refractivity contribution in [3.05, 3.63) is 176 Å². The van der Waals surface area contributed by atoms with Crippen molar-refractivity contribution in [3.63, 3.8) is 0 Å². The van der Waals surface area contributed by atoms with Gasteiger partial charge in [-0.05, 0) is 51.1 Å². The van der Waals surface area contributed by atoms with E-state index in [1.807, 2.05) is 6.07 Å². The Labute approximate surface area is 247 Å². The molecular weight excluding hydrogens is 506 g/mol. The lowest BCUT2D eigenvalue weighted by Gasteiger charge is -2.19. The Bertz CT molecular complexity index is 1960. The van der Waals surface area contributed by atoms with Crippen molar-refractivity contribution in [1.29, 1.82) is 0 Å². The first kappa shape index (κ1) is 25.4. The number of aromatic nitrogens is 1. The normalized spacial score (nSPS) is 10.9. The maximum atomic E-state index is 5.41. The van der Waals surface area contributed by atoms with Gasteiger partial charge in [-0.2, -0.15) is 0 Å². The van der Waals surface area contributed by atoms with Crippen LogP contribution in [0.2, 0.25) is 0 Å². The maximum Gasteiger partial charge on any atom is 0.0794 e. The first-order valence-electron chi connectivity index (χ1n) is 14.3. The minimum atomic E-state index is 0.956. The molecule has 0 unspecified atom stereocenters. The largest absolute Gasteiger partial charge is 0.247 e. The summed E-state index contributed by atoms with van der Waals surface area (Å²) >= 11 is 0. The van der Waals surface area contributed by atoms with Crippen LogP contribution in [0.3, 0.4) is 0 Å². The van der Waals surface area contributed by atoms with Crippen molar-refractivity contribution in [1.82, 2.24) is 4.98 Å². The molecular formula is C41H29N. The molecule has 7 aromatic rings. The van der Waals surface area contributed by atoms with E-state index >= 15 is 0 Å². The molecule has 198 valence electrons. The minimum absolute atomic E-state index is 0.956. The molecule has 0 bridgehead atoms. The number of hydrogen-bond acceptors (Lipinski definition) is 1. The summed E-state index contributed by atoms with van der Waals surface area (Å²) in [6, 6.07) is 62.0. The second kappa shape index (κ2) is 11.5. The van der Waals surface area contributed by atoms with Crippen molar-refractivity contribution in [2.24, 2.45) is 0 Å². The molecule has 0 atom stereocenters. The molecule has 0 aliphatic carbocycles. The first-order valence-corrected chi connectivity index (χ1v) is 14.3. The molecule has 0 N–H and O–H groups in total. The summed E-state index contributed by atoms with van der Waals surface area (Å²) < 4.78 is 0. The molecule has 0 spiro atoms. The van der Waals surface area contributed by atoms with E-state index in [1.165, 1.54) is 27.8 Å². The standard InChI is InChI=1S/C41H29N/c1-4-16-30(17-5-1)33-22-10-12-24-35(33)37-26-14-15-27-38(37)41-39(28-29-40(42-41)32-20-8-3-9-21-32)36-25-13-11-23-34(36)31-18-6-2-7-19-31/h1-29H. The van der Waals surface area contributed by atoms with Gasteiger partial charge in [0.15, 0.2) is 0 Å². The Morgan fingerprint density at radius 2 is 0.595 bits per heavy atom. The highest BCUT2D eigenvalue weighted by molar-refractivity contribution is 5.97. The second-order valence-electron chi connectivity index (χ2n) is 10.3. The van der Waals surface area contributed by atoms with Crippen LogP contribution in [0.15, 0.2) is 176 Å². The maximum absolute atomic E-state index is 5.41. The summed E-state index contributed by atoms with van der Waals surface area (Å²) in [5, 5.41) is 0. The molecule has 0 aliphatic heterocycles. The number of pyridine rings is 1. The fourth-order valence-corrected chi connectivity index (χ4v) is 5.75. The van der Waals surface area contributed by atoms with E-state index in [4.69, 9.17) is 4.98 Å². The zero-order valence-corrected chi connectivity index (χ0v) is 23.2. The second-order valence-corrected chi connectivity index (χ2v) is 10.3. The fraction of sp³-hybridized carbons (Fsp3) is 0. The predicted octanol–water partition coefficient (Wildman–Crippen LogP) is 11.1. The predicted molar refractivity (Wildman–Crippen MR) is 177 cm³/mol. The van der Waals surface area contributed by atoms with E-state index < -0.39 is 0 Å². The lowest BCUT2D eigenvalue weighted by molar-refractivity contribution is 1.32. The van der Waals surface area contributed by atoms with Crippen LogP contribution in [0.1, 0.15) is 0 Å². The molecule has 1 nitrogen and oxygen atoms in total. The van der Waals surface area contributed by atoms with Crippen LogP contribution in [0.25, 0.3) is 67.0 Å². The van der Waals surface area contributed by atoms with Crippen molar-refractivity contribution in [2.75, 3.05) is 0 Å². The van der Waals surface area contributed by atoms with Gasteiger partial charge in [-0.1, -0.05) is 164 Å². The molecule has 0 saturated heterocycles. The number of benzene rings is 6. The Morgan fingerprint density at radius 3 is 1.10 bits per heavy atom. The van der Waals surface area contributed by atoms with E-state index in [1.54, 1.807) is 0 Å². The SMILES string of the molecule is c1ccc(-c2ccc(-c3ccccc3-c3ccccc3)c(-c3ccccc3-c3ccccc3-c3ccccc3)n2)cc1. The molecule has 7 rings (SSSR count). The molecule has 1 heterocycles. The Balaban J connectivity index is 1.50. The highest BCUT2D eigenvalue weighted by Crippen LogP contribution is 2.43. The van der Waals surface area contributed by atoms with Gasteiger partial charge in [0.1, 0.15) is 0 Å². The zero-order valence-electron chi connectivity index (χ0n) is 23.2. The van der Waals surface area contributed by atoms with Crippen LogP contribution in [-0.4, -0.2) is 4.98 Å². The van der Waals surface area contributed by atoms with Gasteiger partial charge in [0.25, 0.3) is 0 Å². The van der Waals surface area contributed by atoms with Crippen molar-refractivity contribution in [3.8, 4) is 67.0 Å². The van der Waals surface area contributed by atoms with Crippen molar-refractivity contribution < 1.29 is 0 Å². The summed E-state index contributed by atoms with van der Waals surface area (Å²) in [5.74, 6) is 0. The molecule has 1 heteroatoms. The fourth-order valence-electron chi connectivity index (χ4n) is 5.75. The average Bonchev–Trinajstić information content (AvgIpc) is 3.09. The van der Waals surface area contributed by atoms with Crippen LogP contribution < -0.4 is 0 Å². The zero-order chi connectivity index (χ0) is 28.1. The highest BCUT2D eigenvalue weighted by Gasteiger charge is 2.19. The Kier molecular flexibility index (Phi) is 6.98. The van der Waals surface area contributed by atoms with Gasteiger partial charge in [-0.15, -0.1) is 0 Å². The lowest BCUT2D eigenvalue weighted by atomic mass is 9.87. The molecule has 0 aliphatic rings. The number of rotatable bonds is 6. The third kappa shape index (κ3) is 4.93. The molecule has 6 aromatic carbocycles. The van der Waals surface area contributed by atoms with Gasteiger partial charge in [0.05, 0.1) is 11.4 Å². The highest BCUT2D eigenvalue weighted by atomic mass is 14.7. The van der Waals surface area contributed by atoms with Crippen LogP contribution in [0, 0.1) is 0 Å². The molecule has 0 fully saturated rings. The topological polar surface area (TPSA) is 12.9 Å². The Morgan fingerprint density at radius 1 is 0.238 bits per heavy atom. The summed E-state index contributed by atoms with van der Waals surface area (Å²) in [7, 11) is 0. The lowest BCUT2D eigenvalue weighted by Crippen LogP contribution is -1.97. The summed E-state index contributed by atoms with van der Waals surface area (Å²) in [5.41, 5.74) is 13.5. The number of nitrogens with zero attached hydrogens (tertiary/aromatic N) is 1. The minimum Gasteiger partial charge on any atom is -0.247 e. The van der Waals surface area contributed by atoms with E-state index in [2.05, 4.69) is 170 Å². The molecule has 1 aromatic heterocycles. The Hall–Kier alpha value is -5.53. The third-order valence-corrected chi connectivity index (χ3v) is 7.75. The van der Waals surface area contributed by atoms with Gasteiger partial charge >= 0.3 is 0 Å². The van der Waals surface area contributed by atoms with Gasteiger partial charge in [-0.25, -0.2) is 4.98 Å². The third-order valence-electron chi connectivity index (χ3n) is 7.75. The van der Waals surface area contributed by atoms with E-state index in [-0.39, 0.29) is 0 Å².